The third-order valence-electron chi connectivity index (χ3n) is 6.48. The van der Waals surface area contributed by atoms with E-state index in [2.05, 4.69) is 18.5 Å². The number of methoxy groups -OCH3 is 1. The second-order valence-electron chi connectivity index (χ2n) is 9.28. The molecular weight excluding hydrogens is 546 g/mol. The summed E-state index contributed by atoms with van der Waals surface area (Å²) in [6.45, 7) is 7.97. The number of ether oxygens (including phenoxy) is 3. The Morgan fingerprint density at radius 1 is 1.20 bits per heavy atom. The summed E-state index contributed by atoms with van der Waals surface area (Å²) in [7, 11) is 1.54. The summed E-state index contributed by atoms with van der Waals surface area (Å²) in [6, 6.07) is 10.4. The largest absolute Gasteiger partial charge is 0.493 e. The number of hydrogen-bond donors (Lipinski definition) is 0. The van der Waals surface area contributed by atoms with E-state index in [1.165, 1.54) is 41.2 Å². The number of rotatable bonds is 12. The number of hydrogen-bond acceptors (Lipinski definition) is 9. The fraction of sp³-hybridized carbons (Fsp3) is 0.300. The van der Waals surface area contributed by atoms with Gasteiger partial charge in [-0.2, -0.15) is 0 Å². The first-order valence-corrected chi connectivity index (χ1v) is 14.0. The molecule has 0 fully saturated rings. The van der Waals surface area contributed by atoms with Crippen molar-refractivity contribution in [3.05, 3.63) is 107 Å². The molecule has 0 N–H and O–H groups in total. The summed E-state index contributed by atoms with van der Waals surface area (Å²) in [6.07, 6.45) is 6.15. The lowest BCUT2D eigenvalue weighted by atomic mass is 9.95. The zero-order chi connectivity index (χ0) is 29.5. The van der Waals surface area contributed by atoms with Crippen molar-refractivity contribution in [2.24, 2.45) is 4.99 Å². The first-order valence-electron chi connectivity index (χ1n) is 13.1. The van der Waals surface area contributed by atoms with Crippen LogP contribution in [0.15, 0.2) is 76.2 Å². The summed E-state index contributed by atoms with van der Waals surface area (Å²) in [4.78, 5) is 42.6. The second kappa shape index (κ2) is 13.2. The van der Waals surface area contributed by atoms with E-state index >= 15 is 0 Å². The highest BCUT2D eigenvalue weighted by atomic mass is 32.1. The average molecular weight is 578 g/mol. The van der Waals surface area contributed by atoms with E-state index < -0.39 is 16.9 Å². The number of esters is 1. The van der Waals surface area contributed by atoms with E-state index in [4.69, 9.17) is 14.2 Å². The minimum Gasteiger partial charge on any atom is -0.493 e. The highest BCUT2D eigenvalue weighted by molar-refractivity contribution is 7.07. The summed E-state index contributed by atoms with van der Waals surface area (Å²) in [5, 5.41) is 11.0. The van der Waals surface area contributed by atoms with Crippen LogP contribution in [0.2, 0.25) is 0 Å². The van der Waals surface area contributed by atoms with Crippen LogP contribution in [0.4, 0.5) is 5.69 Å². The zero-order valence-electron chi connectivity index (χ0n) is 23.1. The number of benzene rings is 2. The molecule has 0 saturated heterocycles. The van der Waals surface area contributed by atoms with Crippen molar-refractivity contribution < 1.29 is 23.9 Å². The number of aromatic nitrogens is 1. The minimum atomic E-state index is -0.842. The van der Waals surface area contributed by atoms with Gasteiger partial charge in [0.15, 0.2) is 16.3 Å². The maximum absolute atomic E-state index is 13.8. The molecule has 1 atom stereocenters. The standard InChI is InChI=1S/C30H31N3O7S/c1-5-7-8-16-39-23-14-11-21(18-24(23)38-4)27-26(29(35)40-15-6-2)19(3)31-30-32(27)28(34)25(41-30)17-20-9-12-22(13-10-20)33(36)37/h6,9-14,17-18,27H,2,5,7-8,15-16H2,1,3-4H3/b25-17-. The fourth-order valence-electron chi connectivity index (χ4n) is 4.46. The van der Waals surface area contributed by atoms with Crippen molar-refractivity contribution in [3.63, 3.8) is 0 Å². The number of allylic oxidation sites excluding steroid dienone is 1. The number of carbonyl (C=O) groups excluding carboxylic acids is 1. The molecule has 0 radical (unpaired) electrons. The molecule has 0 saturated carbocycles. The van der Waals surface area contributed by atoms with Gasteiger partial charge in [-0.3, -0.25) is 19.5 Å². The number of thiazole rings is 1. The molecule has 1 unspecified atom stereocenters. The summed E-state index contributed by atoms with van der Waals surface area (Å²) >= 11 is 1.17. The Labute approximate surface area is 240 Å². The van der Waals surface area contributed by atoms with Crippen molar-refractivity contribution in [2.45, 2.75) is 39.2 Å². The Balaban J connectivity index is 1.84. The van der Waals surface area contributed by atoms with Crippen LogP contribution in [0.5, 0.6) is 11.5 Å². The monoisotopic (exact) mass is 577 g/mol. The lowest BCUT2D eigenvalue weighted by Crippen LogP contribution is -2.40. The third-order valence-corrected chi connectivity index (χ3v) is 7.47. The molecule has 4 rings (SSSR count). The van der Waals surface area contributed by atoms with Gasteiger partial charge in [-0.05, 0) is 54.8 Å². The Kier molecular flexibility index (Phi) is 9.51. The molecule has 1 aromatic heterocycles. The average Bonchev–Trinajstić information content (AvgIpc) is 3.27. The van der Waals surface area contributed by atoms with Crippen LogP contribution in [-0.2, 0) is 9.53 Å². The molecule has 2 aromatic carbocycles. The number of nitro groups is 1. The van der Waals surface area contributed by atoms with Gasteiger partial charge >= 0.3 is 5.97 Å². The summed E-state index contributed by atoms with van der Waals surface area (Å²) in [5.74, 6) is 0.426. The predicted molar refractivity (Wildman–Crippen MR) is 156 cm³/mol. The first-order chi connectivity index (χ1) is 19.8. The Hall–Kier alpha value is -4.51. The molecule has 214 valence electrons. The lowest BCUT2D eigenvalue weighted by Gasteiger charge is -2.25. The van der Waals surface area contributed by atoms with Gasteiger partial charge in [0.1, 0.15) is 6.61 Å². The lowest BCUT2D eigenvalue weighted by molar-refractivity contribution is -0.384. The van der Waals surface area contributed by atoms with Gasteiger partial charge in [0.05, 0.1) is 40.5 Å². The van der Waals surface area contributed by atoms with Gasteiger partial charge in [0, 0.05) is 12.1 Å². The Morgan fingerprint density at radius 2 is 1.95 bits per heavy atom. The van der Waals surface area contributed by atoms with Crippen molar-refractivity contribution >= 4 is 29.1 Å². The third kappa shape index (κ3) is 6.46. The number of nitrogens with zero attached hydrogens (tertiary/aromatic N) is 3. The van der Waals surface area contributed by atoms with E-state index in [-0.39, 0.29) is 23.4 Å². The molecule has 10 nitrogen and oxygen atoms in total. The number of unbranched alkanes of at least 4 members (excludes halogenated alkanes) is 2. The molecule has 0 amide bonds. The maximum Gasteiger partial charge on any atom is 0.338 e. The molecule has 11 heteroatoms. The Bertz CT molecular complexity index is 1670. The van der Waals surface area contributed by atoms with E-state index in [1.807, 2.05) is 0 Å². The van der Waals surface area contributed by atoms with Gasteiger partial charge in [-0.15, -0.1) is 0 Å². The number of fused-ring (bicyclic) bond motifs is 1. The molecular formula is C30H31N3O7S. The number of carbonyl (C=O) groups is 1. The summed E-state index contributed by atoms with van der Waals surface area (Å²) < 4.78 is 18.8. The van der Waals surface area contributed by atoms with Gasteiger partial charge in [-0.1, -0.05) is 49.8 Å². The van der Waals surface area contributed by atoms with Gasteiger partial charge in [0.25, 0.3) is 11.2 Å². The SMILES string of the molecule is C=CCOC(=O)C1=C(C)N=c2s/c(=C\c3ccc([N+](=O)[O-])cc3)c(=O)n2C1c1ccc(OCCCCC)c(OC)c1. The minimum absolute atomic E-state index is 0.000751. The number of non-ortho nitro benzene ring substituents is 1. The highest BCUT2D eigenvalue weighted by Gasteiger charge is 2.34. The van der Waals surface area contributed by atoms with Crippen molar-refractivity contribution in [1.29, 1.82) is 0 Å². The van der Waals surface area contributed by atoms with Crippen molar-refractivity contribution in [3.8, 4) is 11.5 Å². The first kappa shape index (κ1) is 29.5. The normalized spacial score (nSPS) is 14.7. The number of nitro benzene ring substituents is 1. The highest BCUT2D eigenvalue weighted by Crippen LogP contribution is 2.36. The van der Waals surface area contributed by atoms with Gasteiger partial charge in [0.2, 0.25) is 0 Å². The van der Waals surface area contributed by atoms with Crippen LogP contribution >= 0.6 is 11.3 Å². The molecule has 0 aliphatic carbocycles. The van der Waals surface area contributed by atoms with Crippen LogP contribution in [0.3, 0.4) is 0 Å². The van der Waals surface area contributed by atoms with Crippen LogP contribution in [0.25, 0.3) is 6.08 Å². The molecule has 3 aromatic rings. The maximum atomic E-state index is 13.8. The van der Waals surface area contributed by atoms with Crippen molar-refractivity contribution in [1.82, 2.24) is 4.57 Å². The topological polar surface area (TPSA) is 122 Å². The predicted octanol–water partition coefficient (Wildman–Crippen LogP) is 4.45. The second-order valence-corrected chi connectivity index (χ2v) is 10.3. The molecule has 1 aliphatic rings. The molecule has 0 spiro atoms. The Morgan fingerprint density at radius 3 is 2.61 bits per heavy atom. The van der Waals surface area contributed by atoms with E-state index in [0.29, 0.717) is 44.3 Å². The fourth-order valence-corrected chi connectivity index (χ4v) is 5.51. The zero-order valence-corrected chi connectivity index (χ0v) is 23.9. The van der Waals surface area contributed by atoms with Crippen LogP contribution < -0.4 is 24.4 Å². The van der Waals surface area contributed by atoms with Gasteiger partial charge < -0.3 is 14.2 Å². The quantitative estimate of drug-likeness (QED) is 0.102. The van der Waals surface area contributed by atoms with Crippen LogP contribution in [0.1, 0.15) is 50.3 Å². The molecule has 0 bridgehead atoms. The summed E-state index contributed by atoms with van der Waals surface area (Å²) in [5.41, 5.74) is 1.47. The van der Waals surface area contributed by atoms with Crippen molar-refractivity contribution in [2.75, 3.05) is 20.3 Å². The molecule has 1 aliphatic heterocycles. The van der Waals surface area contributed by atoms with Crippen LogP contribution in [0, 0.1) is 10.1 Å². The smallest absolute Gasteiger partial charge is 0.338 e. The molecule has 41 heavy (non-hydrogen) atoms. The van der Waals surface area contributed by atoms with Crippen LogP contribution in [-0.4, -0.2) is 35.8 Å². The van der Waals surface area contributed by atoms with E-state index in [0.717, 1.165) is 19.3 Å². The molecule has 2 heterocycles. The van der Waals surface area contributed by atoms with E-state index in [1.54, 1.807) is 43.3 Å². The van der Waals surface area contributed by atoms with Gasteiger partial charge in [-0.25, -0.2) is 9.79 Å². The van der Waals surface area contributed by atoms with E-state index in [9.17, 15) is 19.7 Å².